The zero-order chi connectivity index (χ0) is 24.6. The fraction of sp³-hybridized carbons (Fsp3) is 0.375. The van der Waals surface area contributed by atoms with Gasteiger partial charge < -0.3 is 0 Å². The lowest BCUT2D eigenvalue weighted by atomic mass is 9.86. The molecular weight excluding hydrogens is 445 g/mol. The number of hydrogen-bond donors (Lipinski definition) is 0. The number of thioether (sulfide) groups is 1. The summed E-state index contributed by atoms with van der Waals surface area (Å²) in [6.45, 7) is 15.8. The first-order valence-electron chi connectivity index (χ1n) is 12.8. The third-order valence-electron chi connectivity index (χ3n) is 7.60. The second-order valence-corrected chi connectivity index (χ2v) is 13.5. The summed E-state index contributed by atoms with van der Waals surface area (Å²) in [6.07, 6.45) is 9.45. The maximum Gasteiger partial charge on any atom is 0.0329 e. The summed E-state index contributed by atoms with van der Waals surface area (Å²) >= 11 is 1.94. The van der Waals surface area contributed by atoms with E-state index < -0.39 is 0 Å². The Kier molecular flexibility index (Phi) is 7.31. The molecule has 1 heterocycles. The van der Waals surface area contributed by atoms with Crippen molar-refractivity contribution in [3.63, 3.8) is 0 Å². The zero-order valence-corrected chi connectivity index (χ0v) is 25.1. The molecule has 34 heavy (non-hydrogen) atoms. The smallest absolute Gasteiger partial charge is 0.0329 e. The van der Waals surface area contributed by atoms with E-state index in [2.05, 4.69) is 109 Å². The maximum atomic E-state index is 2.48. The van der Waals surface area contributed by atoms with Crippen LogP contribution in [0.5, 0.6) is 0 Å². The van der Waals surface area contributed by atoms with Gasteiger partial charge >= 0.3 is 0 Å². The molecule has 2 aromatic rings. The van der Waals surface area contributed by atoms with E-state index in [1.54, 1.807) is 16.7 Å². The number of hydrogen-bond acceptors (Lipinski definition) is 1. The minimum absolute atomic E-state index is 0.214. The van der Waals surface area contributed by atoms with Crippen LogP contribution in [0.2, 0.25) is 0 Å². The summed E-state index contributed by atoms with van der Waals surface area (Å²) in [5.74, 6) is 0.653. The normalized spacial score (nSPS) is 21.0. The van der Waals surface area contributed by atoms with Gasteiger partial charge in [-0.25, -0.2) is 0 Å². The van der Waals surface area contributed by atoms with Crippen molar-refractivity contribution in [1.82, 2.24) is 0 Å². The molecule has 0 aromatic heterocycles. The van der Waals surface area contributed by atoms with Crippen molar-refractivity contribution in [2.45, 2.75) is 72.3 Å². The highest BCUT2D eigenvalue weighted by Crippen LogP contribution is 2.50. The third kappa shape index (κ3) is 4.85. The highest BCUT2D eigenvalue weighted by atomic mass is 32.2. The molecule has 0 bridgehead atoms. The van der Waals surface area contributed by atoms with Gasteiger partial charge in [-0.15, -0.1) is 0 Å². The van der Waals surface area contributed by atoms with Crippen molar-refractivity contribution in [3.05, 3.63) is 97.8 Å². The van der Waals surface area contributed by atoms with Crippen molar-refractivity contribution >= 4 is 28.1 Å². The Morgan fingerprint density at radius 2 is 1.65 bits per heavy atom. The molecule has 3 aliphatic rings. The largest absolute Gasteiger partial charge is 0.0983 e. The van der Waals surface area contributed by atoms with E-state index >= 15 is 0 Å². The van der Waals surface area contributed by atoms with Crippen molar-refractivity contribution < 1.29 is 0 Å². The van der Waals surface area contributed by atoms with Crippen LogP contribution in [-0.2, 0) is 5.41 Å². The lowest BCUT2D eigenvalue weighted by molar-refractivity contribution is 0.590. The van der Waals surface area contributed by atoms with Crippen LogP contribution in [-0.4, -0.2) is 10.2 Å². The molecule has 0 fully saturated rings. The Balaban J connectivity index is 0.000000207. The number of allylic oxidation sites excluding steroid dienone is 7. The number of fused-ring (bicyclic) bond motifs is 2. The van der Waals surface area contributed by atoms with Crippen LogP contribution in [0.4, 0.5) is 0 Å². The average Bonchev–Trinajstić information content (AvgIpc) is 3.42. The van der Waals surface area contributed by atoms with Crippen molar-refractivity contribution in [3.8, 4) is 11.1 Å². The van der Waals surface area contributed by atoms with Gasteiger partial charge in [-0.1, -0.05) is 123 Å². The first-order valence-corrected chi connectivity index (χ1v) is 14.8. The monoisotopic (exact) mass is 484 g/mol. The van der Waals surface area contributed by atoms with Gasteiger partial charge in [0.25, 0.3) is 0 Å². The predicted octanol–water partition coefficient (Wildman–Crippen LogP) is 8.74. The molecule has 0 saturated carbocycles. The van der Waals surface area contributed by atoms with E-state index in [1.165, 1.54) is 60.7 Å². The number of rotatable bonds is 3. The quantitative estimate of drug-likeness (QED) is 0.392. The minimum Gasteiger partial charge on any atom is -0.0983 e. The Morgan fingerprint density at radius 3 is 2.26 bits per heavy atom. The molecule has 0 amide bonds. The van der Waals surface area contributed by atoms with Gasteiger partial charge in [-0.05, 0) is 70.9 Å². The van der Waals surface area contributed by atoms with Crippen LogP contribution < -0.4 is 0 Å². The molecule has 0 saturated heterocycles. The maximum absolute atomic E-state index is 2.48. The van der Waals surface area contributed by atoms with Gasteiger partial charge in [-0.2, -0.15) is 0 Å². The molecule has 5 rings (SSSR count). The predicted molar refractivity (Wildman–Crippen MR) is 157 cm³/mol. The Bertz CT molecular complexity index is 1200. The molecule has 0 N–H and O–H groups in total. The SMILES string of the molecule is CC1=CC=C2SC(C)=C(C)C12.CCCC1=Cc2c(-c3ccc(C(C)(C)C)cc3)cccc2C1[SiH3]. The van der Waals surface area contributed by atoms with Gasteiger partial charge in [0.1, 0.15) is 0 Å². The van der Waals surface area contributed by atoms with Gasteiger partial charge in [0.05, 0.1) is 0 Å². The van der Waals surface area contributed by atoms with E-state index in [-0.39, 0.29) is 5.41 Å². The molecule has 2 aliphatic carbocycles. The zero-order valence-electron chi connectivity index (χ0n) is 22.3. The number of benzene rings is 2. The van der Waals surface area contributed by atoms with Crippen molar-refractivity contribution in [2.24, 2.45) is 5.92 Å². The Labute approximate surface area is 214 Å². The van der Waals surface area contributed by atoms with Gasteiger partial charge in [0.2, 0.25) is 0 Å². The fourth-order valence-corrected chi connectivity index (χ4v) is 7.56. The molecule has 2 unspecified atom stereocenters. The second-order valence-electron chi connectivity index (χ2n) is 11.1. The molecule has 1 aliphatic heterocycles. The van der Waals surface area contributed by atoms with Crippen LogP contribution in [0.15, 0.2) is 81.1 Å². The summed E-state index contributed by atoms with van der Waals surface area (Å²) in [7, 11) is 1.21. The Morgan fingerprint density at radius 1 is 0.941 bits per heavy atom. The lowest BCUT2D eigenvalue weighted by Gasteiger charge is -2.19. The van der Waals surface area contributed by atoms with Gasteiger partial charge in [0, 0.05) is 21.1 Å². The van der Waals surface area contributed by atoms with E-state index in [9.17, 15) is 0 Å². The second kappa shape index (κ2) is 9.91. The van der Waals surface area contributed by atoms with Crippen LogP contribution in [0.25, 0.3) is 17.2 Å². The molecular formula is C32H40SSi. The third-order valence-corrected chi connectivity index (χ3v) is 10.2. The molecule has 2 aromatic carbocycles. The summed E-state index contributed by atoms with van der Waals surface area (Å²) in [5.41, 5.74) is 12.8. The lowest BCUT2D eigenvalue weighted by Crippen LogP contribution is -2.10. The van der Waals surface area contributed by atoms with Crippen LogP contribution in [0, 0.1) is 5.92 Å². The van der Waals surface area contributed by atoms with Crippen LogP contribution >= 0.6 is 11.8 Å². The molecule has 2 atom stereocenters. The minimum atomic E-state index is 0.214. The van der Waals surface area contributed by atoms with Crippen molar-refractivity contribution in [1.29, 1.82) is 0 Å². The first-order chi connectivity index (χ1) is 16.1. The van der Waals surface area contributed by atoms with E-state index in [0.717, 1.165) is 0 Å². The average molecular weight is 485 g/mol. The van der Waals surface area contributed by atoms with Crippen LogP contribution in [0.3, 0.4) is 0 Å². The van der Waals surface area contributed by atoms with Crippen molar-refractivity contribution in [2.75, 3.05) is 0 Å². The first kappa shape index (κ1) is 25.1. The highest BCUT2D eigenvalue weighted by Gasteiger charge is 2.29. The van der Waals surface area contributed by atoms with Gasteiger partial charge in [-0.3, -0.25) is 0 Å². The van der Waals surface area contributed by atoms with Gasteiger partial charge in [0.15, 0.2) is 0 Å². The Hall–Kier alpha value is -2.03. The fourth-order valence-electron chi connectivity index (χ4n) is 5.35. The summed E-state index contributed by atoms with van der Waals surface area (Å²) in [6, 6.07) is 16.0. The van der Waals surface area contributed by atoms with E-state index in [0.29, 0.717) is 11.5 Å². The molecule has 178 valence electrons. The van der Waals surface area contributed by atoms with E-state index in [4.69, 9.17) is 0 Å². The topological polar surface area (TPSA) is 0 Å². The van der Waals surface area contributed by atoms with E-state index in [1.807, 2.05) is 11.8 Å². The van der Waals surface area contributed by atoms with Crippen LogP contribution in [0.1, 0.15) is 83.5 Å². The summed E-state index contributed by atoms with van der Waals surface area (Å²) in [4.78, 5) is 3.02. The molecule has 2 heteroatoms. The molecule has 0 radical (unpaired) electrons. The standard InChI is InChI=1S/C22H28Si.C10H12S/c1-5-7-16-14-20-18(8-6-9-19(20)21(16)23)15-10-12-17(13-11-15)22(2,3)4;1-6-4-5-9-10(6)7(2)8(3)11-9/h6,8-14,21H,5,7H2,1-4,23H3;4-5,10H,1-3H3. The highest BCUT2D eigenvalue weighted by molar-refractivity contribution is 8.07. The summed E-state index contributed by atoms with van der Waals surface area (Å²) in [5, 5.41) is 0. The summed E-state index contributed by atoms with van der Waals surface area (Å²) < 4.78 is 0. The molecule has 0 nitrogen and oxygen atoms in total. The molecule has 0 spiro atoms.